The van der Waals surface area contributed by atoms with Gasteiger partial charge in [-0.2, -0.15) is 0 Å². The molecule has 0 aromatic carbocycles. The quantitative estimate of drug-likeness (QED) is 0.490. The van der Waals surface area contributed by atoms with Gasteiger partial charge < -0.3 is 4.74 Å². The van der Waals surface area contributed by atoms with Crippen LogP contribution < -0.4 is 0 Å². The molecule has 0 bridgehead atoms. The van der Waals surface area contributed by atoms with Crippen molar-refractivity contribution in [3.63, 3.8) is 0 Å². The summed E-state index contributed by atoms with van der Waals surface area (Å²) in [5, 5.41) is 0. The van der Waals surface area contributed by atoms with Crippen molar-refractivity contribution in [2.24, 2.45) is 0 Å². The first-order valence-corrected chi connectivity index (χ1v) is 5.46. The van der Waals surface area contributed by atoms with Gasteiger partial charge in [0.05, 0.1) is 7.11 Å². The predicted molar refractivity (Wildman–Crippen MR) is 60.7 cm³/mol. The number of likely N-dealkylation sites (tertiary alicyclic amines) is 1. The molecule has 1 fully saturated rings. The van der Waals surface area contributed by atoms with Crippen molar-refractivity contribution in [1.29, 1.82) is 0 Å². The molecule has 1 aliphatic heterocycles. The van der Waals surface area contributed by atoms with Gasteiger partial charge in [0.1, 0.15) is 0 Å². The molecule has 3 heteroatoms. The largest absolute Gasteiger partial charge is 0.466 e. The van der Waals surface area contributed by atoms with Crippen LogP contribution in [-0.4, -0.2) is 36.6 Å². The van der Waals surface area contributed by atoms with Crippen LogP contribution >= 0.6 is 0 Å². The average molecular weight is 211 g/mol. The van der Waals surface area contributed by atoms with E-state index in [0.717, 1.165) is 25.9 Å². The van der Waals surface area contributed by atoms with E-state index in [2.05, 4.69) is 30.4 Å². The maximum atomic E-state index is 11.0. The summed E-state index contributed by atoms with van der Waals surface area (Å²) < 4.78 is 4.62. The number of hydrogen-bond acceptors (Lipinski definition) is 3. The lowest BCUT2D eigenvalue weighted by Gasteiger charge is -2.39. The van der Waals surface area contributed by atoms with E-state index in [4.69, 9.17) is 0 Å². The SMILES string of the molecule is COC(=O)C=C1CCN(C(C)(C)C)CC1. The normalized spacial score (nSPS) is 18.8. The van der Waals surface area contributed by atoms with Crippen LogP contribution in [0, 0.1) is 0 Å². The summed E-state index contributed by atoms with van der Waals surface area (Å²) in [5.41, 5.74) is 1.44. The highest BCUT2D eigenvalue weighted by molar-refractivity contribution is 5.82. The molecule has 0 N–H and O–H groups in total. The van der Waals surface area contributed by atoms with E-state index < -0.39 is 0 Å². The van der Waals surface area contributed by atoms with Crippen molar-refractivity contribution in [2.45, 2.75) is 39.2 Å². The molecule has 0 unspecified atom stereocenters. The number of piperidine rings is 1. The van der Waals surface area contributed by atoms with Gasteiger partial charge in [-0.05, 0) is 33.6 Å². The van der Waals surface area contributed by atoms with Crippen molar-refractivity contribution < 1.29 is 9.53 Å². The van der Waals surface area contributed by atoms with E-state index in [9.17, 15) is 4.79 Å². The summed E-state index contributed by atoms with van der Waals surface area (Å²) in [7, 11) is 1.42. The van der Waals surface area contributed by atoms with E-state index in [1.807, 2.05) is 0 Å². The van der Waals surface area contributed by atoms with Crippen LogP contribution in [0.25, 0.3) is 0 Å². The van der Waals surface area contributed by atoms with E-state index >= 15 is 0 Å². The van der Waals surface area contributed by atoms with Gasteiger partial charge in [-0.15, -0.1) is 0 Å². The maximum Gasteiger partial charge on any atom is 0.330 e. The van der Waals surface area contributed by atoms with Crippen LogP contribution in [0.1, 0.15) is 33.6 Å². The Kier molecular flexibility index (Phi) is 3.91. The molecule has 0 amide bonds. The first-order valence-electron chi connectivity index (χ1n) is 5.46. The van der Waals surface area contributed by atoms with Crippen molar-refractivity contribution in [3.8, 4) is 0 Å². The summed E-state index contributed by atoms with van der Waals surface area (Å²) in [6.07, 6.45) is 3.60. The molecule has 15 heavy (non-hydrogen) atoms. The Morgan fingerprint density at radius 2 is 1.87 bits per heavy atom. The van der Waals surface area contributed by atoms with Gasteiger partial charge in [-0.1, -0.05) is 5.57 Å². The molecule has 0 radical (unpaired) electrons. The van der Waals surface area contributed by atoms with Crippen LogP contribution in [0.2, 0.25) is 0 Å². The Hall–Kier alpha value is -0.830. The Morgan fingerprint density at radius 1 is 1.33 bits per heavy atom. The number of esters is 1. The minimum Gasteiger partial charge on any atom is -0.466 e. The fourth-order valence-corrected chi connectivity index (χ4v) is 1.83. The summed E-state index contributed by atoms with van der Waals surface area (Å²) in [4.78, 5) is 13.5. The fourth-order valence-electron chi connectivity index (χ4n) is 1.83. The molecule has 0 aliphatic carbocycles. The molecule has 1 rings (SSSR count). The molecule has 0 aromatic heterocycles. The van der Waals surface area contributed by atoms with Gasteiger partial charge in [0.2, 0.25) is 0 Å². The Bertz CT molecular complexity index is 253. The maximum absolute atomic E-state index is 11.0. The smallest absolute Gasteiger partial charge is 0.330 e. The monoisotopic (exact) mass is 211 g/mol. The standard InChI is InChI=1S/C12H21NO2/c1-12(2,3)13-7-5-10(6-8-13)9-11(14)15-4/h9H,5-8H2,1-4H3. The minimum atomic E-state index is -0.228. The number of nitrogens with zero attached hydrogens (tertiary/aromatic N) is 1. The number of ether oxygens (including phenoxy) is 1. The van der Waals surface area contributed by atoms with Crippen LogP contribution in [0.5, 0.6) is 0 Å². The molecule has 1 aliphatic rings. The molecule has 0 spiro atoms. The third-order valence-corrected chi connectivity index (χ3v) is 2.88. The van der Waals surface area contributed by atoms with Crippen molar-refractivity contribution in [2.75, 3.05) is 20.2 Å². The molecule has 0 aromatic rings. The first-order chi connectivity index (χ1) is 6.93. The van der Waals surface area contributed by atoms with Crippen molar-refractivity contribution in [1.82, 2.24) is 4.90 Å². The third-order valence-electron chi connectivity index (χ3n) is 2.88. The van der Waals surface area contributed by atoms with Gasteiger partial charge >= 0.3 is 5.97 Å². The van der Waals surface area contributed by atoms with E-state index in [-0.39, 0.29) is 11.5 Å². The summed E-state index contributed by atoms with van der Waals surface area (Å²) in [6, 6.07) is 0. The molecule has 0 atom stereocenters. The Labute approximate surface area is 92.1 Å². The average Bonchev–Trinajstić information content (AvgIpc) is 2.17. The van der Waals surface area contributed by atoms with E-state index in [0.29, 0.717) is 0 Å². The number of carbonyl (C=O) groups excluding carboxylic acids is 1. The predicted octanol–water partition coefficient (Wildman–Crippen LogP) is 1.98. The Balaban J connectivity index is 2.49. The van der Waals surface area contributed by atoms with Gasteiger partial charge in [0.25, 0.3) is 0 Å². The van der Waals surface area contributed by atoms with Crippen LogP contribution in [0.3, 0.4) is 0 Å². The minimum absolute atomic E-state index is 0.228. The lowest BCUT2D eigenvalue weighted by atomic mass is 9.97. The zero-order valence-corrected chi connectivity index (χ0v) is 10.2. The highest BCUT2D eigenvalue weighted by Crippen LogP contribution is 2.22. The van der Waals surface area contributed by atoms with Crippen molar-refractivity contribution >= 4 is 5.97 Å². The lowest BCUT2D eigenvalue weighted by molar-refractivity contribution is -0.134. The molecule has 3 nitrogen and oxygen atoms in total. The van der Waals surface area contributed by atoms with E-state index in [1.165, 1.54) is 12.7 Å². The fraction of sp³-hybridized carbons (Fsp3) is 0.750. The van der Waals surface area contributed by atoms with Gasteiger partial charge in [0, 0.05) is 24.7 Å². The van der Waals surface area contributed by atoms with Crippen molar-refractivity contribution in [3.05, 3.63) is 11.6 Å². The van der Waals surface area contributed by atoms with Crippen LogP contribution in [0.4, 0.5) is 0 Å². The number of hydrogen-bond donors (Lipinski definition) is 0. The molecule has 1 saturated heterocycles. The Morgan fingerprint density at radius 3 is 2.27 bits per heavy atom. The number of rotatable bonds is 1. The zero-order chi connectivity index (χ0) is 11.5. The molecular weight excluding hydrogens is 190 g/mol. The second-order valence-corrected chi connectivity index (χ2v) is 4.98. The lowest BCUT2D eigenvalue weighted by Crippen LogP contribution is -2.44. The summed E-state index contributed by atoms with van der Waals surface area (Å²) in [5.74, 6) is -0.228. The molecule has 86 valence electrons. The van der Waals surface area contributed by atoms with Gasteiger partial charge in [-0.3, -0.25) is 4.90 Å². The van der Waals surface area contributed by atoms with Gasteiger partial charge in [0.15, 0.2) is 0 Å². The number of carbonyl (C=O) groups is 1. The molecule has 1 heterocycles. The summed E-state index contributed by atoms with van der Waals surface area (Å²) >= 11 is 0. The van der Waals surface area contributed by atoms with Crippen LogP contribution in [0.15, 0.2) is 11.6 Å². The van der Waals surface area contributed by atoms with Crippen LogP contribution in [-0.2, 0) is 9.53 Å². The molecular formula is C12H21NO2. The summed E-state index contributed by atoms with van der Waals surface area (Å²) in [6.45, 7) is 8.74. The third kappa shape index (κ3) is 3.67. The second-order valence-electron chi connectivity index (χ2n) is 4.98. The highest BCUT2D eigenvalue weighted by atomic mass is 16.5. The highest BCUT2D eigenvalue weighted by Gasteiger charge is 2.24. The van der Waals surface area contributed by atoms with E-state index in [1.54, 1.807) is 6.08 Å². The zero-order valence-electron chi connectivity index (χ0n) is 10.2. The number of methoxy groups -OCH3 is 1. The molecule has 0 saturated carbocycles. The first kappa shape index (κ1) is 12.2. The van der Waals surface area contributed by atoms with Gasteiger partial charge in [-0.25, -0.2) is 4.79 Å². The topological polar surface area (TPSA) is 29.5 Å². The second kappa shape index (κ2) is 4.79.